The number of thiophene rings is 1. The van der Waals surface area contributed by atoms with Crippen molar-refractivity contribution < 1.29 is 9.90 Å². The fourth-order valence-corrected chi connectivity index (χ4v) is 3.73. The molecule has 0 unspecified atom stereocenters. The van der Waals surface area contributed by atoms with Crippen LogP contribution in [-0.2, 0) is 6.54 Å². The van der Waals surface area contributed by atoms with E-state index in [2.05, 4.69) is 20.9 Å². The lowest BCUT2D eigenvalue weighted by Crippen LogP contribution is -2.05. The number of aromatic nitrogens is 2. The van der Waals surface area contributed by atoms with Gasteiger partial charge >= 0.3 is 5.97 Å². The van der Waals surface area contributed by atoms with Crippen molar-refractivity contribution in [2.45, 2.75) is 13.5 Å². The van der Waals surface area contributed by atoms with E-state index in [-0.39, 0.29) is 0 Å². The molecule has 0 aliphatic carbocycles. The van der Waals surface area contributed by atoms with Crippen LogP contribution in [0.15, 0.2) is 34.1 Å². The Hall–Kier alpha value is -1.66. The average molecular weight is 351 g/mol. The monoisotopic (exact) mass is 350 g/mol. The van der Waals surface area contributed by atoms with E-state index in [0.29, 0.717) is 17.6 Å². The van der Waals surface area contributed by atoms with Crippen LogP contribution in [0.4, 0.5) is 0 Å². The minimum absolute atomic E-state index is 0.290. The number of para-hydroxylation sites is 1. The number of carboxylic acid groups (broad SMARTS) is 1. The largest absolute Gasteiger partial charge is 0.478 e. The van der Waals surface area contributed by atoms with Crippen LogP contribution in [0.1, 0.15) is 21.1 Å². The van der Waals surface area contributed by atoms with Crippen molar-refractivity contribution in [1.29, 1.82) is 0 Å². The summed E-state index contributed by atoms with van der Waals surface area (Å²) in [7, 11) is 0. The molecule has 3 rings (SSSR count). The van der Waals surface area contributed by atoms with Gasteiger partial charge in [0.15, 0.2) is 0 Å². The Morgan fingerprint density at radius 3 is 2.85 bits per heavy atom. The first-order valence-electron chi connectivity index (χ1n) is 5.99. The molecule has 0 aliphatic rings. The van der Waals surface area contributed by atoms with Crippen LogP contribution in [-0.4, -0.2) is 20.6 Å². The summed E-state index contributed by atoms with van der Waals surface area (Å²) >= 11 is 5.08. The number of halogens is 1. The van der Waals surface area contributed by atoms with E-state index >= 15 is 0 Å². The number of nitrogens with zero attached hydrogens (tertiary/aromatic N) is 2. The van der Waals surface area contributed by atoms with Gasteiger partial charge in [-0.3, -0.25) is 0 Å². The van der Waals surface area contributed by atoms with Crippen LogP contribution in [0.2, 0.25) is 0 Å². The van der Waals surface area contributed by atoms with E-state index in [1.807, 2.05) is 29.7 Å². The van der Waals surface area contributed by atoms with Gasteiger partial charge in [-0.15, -0.1) is 11.3 Å². The molecule has 3 aromatic rings. The molecule has 0 amide bonds. The Morgan fingerprint density at radius 1 is 1.40 bits per heavy atom. The molecule has 102 valence electrons. The molecule has 0 bridgehead atoms. The van der Waals surface area contributed by atoms with Crippen molar-refractivity contribution in [2.24, 2.45) is 0 Å². The third kappa shape index (κ3) is 2.25. The van der Waals surface area contributed by atoms with Gasteiger partial charge in [-0.1, -0.05) is 6.07 Å². The first kappa shape index (κ1) is 13.3. The van der Waals surface area contributed by atoms with Gasteiger partial charge in [0, 0.05) is 4.88 Å². The summed E-state index contributed by atoms with van der Waals surface area (Å²) in [6, 6.07) is 9.21. The Morgan fingerprint density at radius 2 is 2.20 bits per heavy atom. The molecule has 1 N–H and O–H groups in total. The van der Waals surface area contributed by atoms with E-state index in [1.165, 1.54) is 0 Å². The number of hydrogen-bond acceptors (Lipinski definition) is 3. The summed E-state index contributed by atoms with van der Waals surface area (Å²) in [5.41, 5.74) is 1.69. The van der Waals surface area contributed by atoms with Gasteiger partial charge in [-0.2, -0.15) is 0 Å². The van der Waals surface area contributed by atoms with Crippen molar-refractivity contribution in [1.82, 2.24) is 9.55 Å². The van der Waals surface area contributed by atoms with Crippen LogP contribution < -0.4 is 0 Å². The fraction of sp³-hybridized carbons (Fsp3) is 0.143. The Bertz CT molecular complexity index is 807. The maximum Gasteiger partial charge on any atom is 0.337 e. The number of aryl methyl sites for hydroxylation is 1. The highest BCUT2D eigenvalue weighted by atomic mass is 79.9. The SMILES string of the molecule is Cc1nc2cccc(C(=O)O)c2n1Cc1ccc(Br)s1. The first-order chi connectivity index (χ1) is 9.56. The molecular weight excluding hydrogens is 340 g/mol. The van der Waals surface area contributed by atoms with E-state index in [0.717, 1.165) is 20.0 Å². The predicted octanol–water partition coefficient (Wildman–Crippen LogP) is 3.92. The number of rotatable bonds is 3. The van der Waals surface area contributed by atoms with Gasteiger partial charge < -0.3 is 9.67 Å². The Kier molecular flexibility index (Phi) is 3.35. The number of imidazole rings is 1. The second-order valence-corrected chi connectivity index (χ2v) is 6.98. The van der Waals surface area contributed by atoms with Crippen molar-refractivity contribution in [3.63, 3.8) is 0 Å². The molecule has 0 saturated carbocycles. The normalized spacial score (nSPS) is 11.1. The number of benzene rings is 1. The standard InChI is InChI=1S/C14H11BrN2O2S/c1-8-16-11-4-2-3-10(14(18)19)13(11)17(8)7-9-5-6-12(15)20-9/h2-6H,7H2,1H3,(H,18,19). The third-order valence-corrected chi connectivity index (χ3v) is 4.74. The summed E-state index contributed by atoms with van der Waals surface area (Å²) in [6.45, 7) is 2.52. The quantitative estimate of drug-likeness (QED) is 0.778. The number of aromatic carboxylic acids is 1. The topological polar surface area (TPSA) is 55.1 Å². The number of fused-ring (bicyclic) bond motifs is 1. The van der Waals surface area contributed by atoms with Crippen LogP contribution in [0.3, 0.4) is 0 Å². The van der Waals surface area contributed by atoms with Crippen molar-refractivity contribution in [3.8, 4) is 0 Å². The molecule has 2 heterocycles. The van der Waals surface area contributed by atoms with Crippen molar-refractivity contribution in [3.05, 3.63) is 50.4 Å². The van der Waals surface area contributed by atoms with E-state index in [4.69, 9.17) is 0 Å². The molecule has 0 radical (unpaired) electrons. The molecule has 20 heavy (non-hydrogen) atoms. The van der Waals surface area contributed by atoms with Crippen LogP contribution in [0, 0.1) is 6.92 Å². The fourth-order valence-electron chi connectivity index (χ4n) is 2.26. The van der Waals surface area contributed by atoms with E-state index in [9.17, 15) is 9.90 Å². The highest BCUT2D eigenvalue weighted by Gasteiger charge is 2.16. The van der Waals surface area contributed by atoms with E-state index < -0.39 is 5.97 Å². The maximum atomic E-state index is 11.4. The average Bonchev–Trinajstić information content (AvgIpc) is 2.94. The summed E-state index contributed by atoms with van der Waals surface area (Å²) in [5, 5.41) is 9.34. The molecule has 2 aromatic heterocycles. The molecule has 0 fully saturated rings. The van der Waals surface area contributed by atoms with Gasteiger partial charge in [-0.25, -0.2) is 9.78 Å². The smallest absolute Gasteiger partial charge is 0.337 e. The van der Waals surface area contributed by atoms with E-state index in [1.54, 1.807) is 23.5 Å². The molecule has 1 aromatic carbocycles. The predicted molar refractivity (Wildman–Crippen MR) is 82.6 cm³/mol. The third-order valence-electron chi connectivity index (χ3n) is 3.13. The van der Waals surface area contributed by atoms with Gasteiger partial charge in [0.1, 0.15) is 5.82 Å². The lowest BCUT2D eigenvalue weighted by atomic mass is 10.2. The zero-order valence-electron chi connectivity index (χ0n) is 10.6. The second-order valence-electron chi connectivity index (χ2n) is 4.43. The zero-order chi connectivity index (χ0) is 14.3. The van der Waals surface area contributed by atoms with Crippen molar-refractivity contribution >= 4 is 44.3 Å². The molecule has 0 saturated heterocycles. The van der Waals surface area contributed by atoms with Gasteiger partial charge in [0.2, 0.25) is 0 Å². The van der Waals surface area contributed by atoms with Crippen LogP contribution >= 0.6 is 27.3 Å². The summed E-state index contributed by atoms with van der Waals surface area (Å²) < 4.78 is 3.02. The minimum Gasteiger partial charge on any atom is -0.478 e. The molecule has 0 spiro atoms. The molecule has 6 heteroatoms. The lowest BCUT2D eigenvalue weighted by Gasteiger charge is -2.07. The molecule has 0 atom stereocenters. The summed E-state index contributed by atoms with van der Waals surface area (Å²) in [4.78, 5) is 17.0. The Labute approximate surface area is 127 Å². The number of hydrogen-bond donors (Lipinski definition) is 1. The highest BCUT2D eigenvalue weighted by molar-refractivity contribution is 9.11. The maximum absolute atomic E-state index is 11.4. The lowest BCUT2D eigenvalue weighted by molar-refractivity contribution is 0.0698. The second kappa shape index (κ2) is 5.03. The highest BCUT2D eigenvalue weighted by Crippen LogP contribution is 2.26. The molecule has 4 nitrogen and oxygen atoms in total. The zero-order valence-corrected chi connectivity index (χ0v) is 13.0. The molecular formula is C14H11BrN2O2S. The summed E-state index contributed by atoms with van der Waals surface area (Å²) in [6.07, 6.45) is 0. The molecule has 0 aliphatic heterocycles. The number of carboxylic acids is 1. The minimum atomic E-state index is -0.927. The Balaban J connectivity index is 2.18. The van der Waals surface area contributed by atoms with Crippen LogP contribution in [0.25, 0.3) is 11.0 Å². The van der Waals surface area contributed by atoms with Crippen LogP contribution in [0.5, 0.6) is 0 Å². The summed E-state index contributed by atoms with van der Waals surface area (Å²) in [5.74, 6) is -0.109. The number of carbonyl (C=O) groups is 1. The van der Waals surface area contributed by atoms with Crippen molar-refractivity contribution in [2.75, 3.05) is 0 Å². The van der Waals surface area contributed by atoms with Gasteiger partial charge in [0.05, 0.1) is 26.9 Å². The van der Waals surface area contributed by atoms with Gasteiger partial charge in [0.25, 0.3) is 0 Å². The van der Waals surface area contributed by atoms with Gasteiger partial charge in [-0.05, 0) is 47.1 Å². The first-order valence-corrected chi connectivity index (χ1v) is 7.60.